The SMILES string of the molecule is COC[C@H](C)n1c(SCC(=O)Nc2ccc(C)c(C)c2)nc2ccccc2c1=O. The summed E-state index contributed by atoms with van der Waals surface area (Å²) in [5.74, 6) is 0.00354. The lowest BCUT2D eigenvalue weighted by Crippen LogP contribution is -2.29. The Kier molecular flexibility index (Phi) is 6.71. The predicted octanol–water partition coefficient (Wildman–Crippen LogP) is 3.95. The third-order valence-corrected chi connectivity index (χ3v) is 5.70. The summed E-state index contributed by atoms with van der Waals surface area (Å²) < 4.78 is 6.84. The van der Waals surface area contributed by atoms with Crippen LogP contribution in [0.4, 0.5) is 5.69 Å². The zero-order valence-electron chi connectivity index (χ0n) is 17.1. The summed E-state index contributed by atoms with van der Waals surface area (Å²) in [7, 11) is 1.60. The summed E-state index contributed by atoms with van der Waals surface area (Å²) in [5.41, 5.74) is 3.55. The number of methoxy groups -OCH3 is 1. The van der Waals surface area contributed by atoms with Gasteiger partial charge in [-0.05, 0) is 56.2 Å². The van der Waals surface area contributed by atoms with Crippen LogP contribution in [-0.2, 0) is 9.53 Å². The number of fused-ring (bicyclic) bond motifs is 1. The van der Waals surface area contributed by atoms with E-state index in [1.807, 2.05) is 51.1 Å². The van der Waals surface area contributed by atoms with Crippen LogP contribution < -0.4 is 10.9 Å². The van der Waals surface area contributed by atoms with E-state index in [0.29, 0.717) is 22.7 Å². The first-order valence-corrected chi connectivity index (χ1v) is 10.4. The molecule has 1 atom stereocenters. The molecule has 0 spiro atoms. The van der Waals surface area contributed by atoms with E-state index in [0.717, 1.165) is 11.3 Å². The van der Waals surface area contributed by atoms with Gasteiger partial charge in [0.15, 0.2) is 5.16 Å². The third kappa shape index (κ3) is 4.86. The molecule has 0 saturated carbocycles. The van der Waals surface area contributed by atoms with Crippen molar-refractivity contribution in [3.63, 3.8) is 0 Å². The molecule has 0 saturated heterocycles. The van der Waals surface area contributed by atoms with Gasteiger partial charge in [-0.25, -0.2) is 4.98 Å². The summed E-state index contributed by atoms with van der Waals surface area (Å²) >= 11 is 1.25. The van der Waals surface area contributed by atoms with Gasteiger partial charge in [0, 0.05) is 12.8 Å². The molecule has 2 aromatic carbocycles. The van der Waals surface area contributed by atoms with Gasteiger partial charge in [-0.3, -0.25) is 14.2 Å². The molecule has 0 fully saturated rings. The fourth-order valence-electron chi connectivity index (χ4n) is 3.08. The van der Waals surface area contributed by atoms with Gasteiger partial charge in [-0.15, -0.1) is 0 Å². The van der Waals surface area contributed by atoms with Crippen LogP contribution >= 0.6 is 11.8 Å². The highest BCUT2D eigenvalue weighted by atomic mass is 32.2. The average molecular weight is 412 g/mol. The van der Waals surface area contributed by atoms with E-state index in [9.17, 15) is 9.59 Å². The number of nitrogens with one attached hydrogen (secondary N) is 1. The molecular weight excluding hydrogens is 386 g/mol. The van der Waals surface area contributed by atoms with Gasteiger partial charge in [-0.2, -0.15) is 0 Å². The molecule has 1 N–H and O–H groups in total. The number of hydrogen-bond acceptors (Lipinski definition) is 5. The third-order valence-electron chi connectivity index (χ3n) is 4.75. The lowest BCUT2D eigenvalue weighted by molar-refractivity contribution is -0.113. The highest BCUT2D eigenvalue weighted by Gasteiger charge is 2.17. The predicted molar refractivity (Wildman–Crippen MR) is 118 cm³/mol. The van der Waals surface area contributed by atoms with Gasteiger partial charge in [0.05, 0.1) is 29.3 Å². The first-order chi connectivity index (χ1) is 13.9. The Morgan fingerprint density at radius 2 is 1.97 bits per heavy atom. The van der Waals surface area contributed by atoms with Gasteiger partial charge in [0.1, 0.15) is 0 Å². The number of thioether (sulfide) groups is 1. The highest BCUT2D eigenvalue weighted by Crippen LogP contribution is 2.22. The molecule has 29 heavy (non-hydrogen) atoms. The van der Waals surface area contributed by atoms with Crippen molar-refractivity contribution in [1.82, 2.24) is 9.55 Å². The zero-order chi connectivity index (χ0) is 21.0. The number of anilines is 1. The molecule has 152 valence electrons. The number of nitrogens with zero attached hydrogens (tertiary/aromatic N) is 2. The molecule has 0 aliphatic heterocycles. The Hall–Kier alpha value is -2.64. The van der Waals surface area contributed by atoms with Crippen LogP contribution in [-0.4, -0.2) is 34.9 Å². The van der Waals surface area contributed by atoms with E-state index in [1.54, 1.807) is 23.8 Å². The summed E-state index contributed by atoms with van der Waals surface area (Å²) in [6.45, 7) is 6.32. The lowest BCUT2D eigenvalue weighted by atomic mass is 10.1. The Morgan fingerprint density at radius 1 is 1.21 bits per heavy atom. The number of para-hydroxylation sites is 1. The van der Waals surface area contributed by atoms with E-state index in [1.165, 1.54) is 17.3 Å². The van der Waals surface area contributed by atoms with Gasteiger partial charge in [0.2, 0.25) is 5.91 Å². The van der Waals surface area contributed by atoms with Crippen molar-refractivity contribution >= 4 is 34.3 Å². The molecule has 7 heteroatoms. The van der Waals surface area contributed by atoms with Gasteiger partial charge >= 0.3 is 0 Å². The van der Waals surface area contributed by atoms with Crippen molar-refractivity contribution in [2.45, 2.75) is 32.0 Å². The molecule has 6 nitrogen and oxygen atoms in total. The summed E-state index contributed by atoms with van der Waals surface area (Å²) in [4.78, 5) is 30.1. The molecule has 1 aromatic heterocycles. The molecule has 0 aliphatic carbocycles. The number of amides is 1. The van der Waals surface area contributed by atoms with E-state index in [2.05, 4.69) is 10.3 Å². The Bertz CT molecular complexity index is 1090. The van der Waals surface area contributed by atoms with Crippen LogP contribution in [0.3, 0.4) is 0 Å². The van der Waals surface area contributed by atoms with E-state index < -0.39 is 0 Å². The Labute approximate surface area is 174 Å². The fraction of sp³-hybridized carbons (Fsp3) is 0.318. The van der Waals surface area contributed by atoms with E-state index >= 15 is 0 Å². The Balaban J connectivity index is 1.84. The summed E-state index contributed by atoms with van der Waals surface area (Å²) in [5, 5.41) is 3.97. The fourth-order valence-corrected chi connectivity index (χ4v) is 3.98. The molecule has 3 aromatic rings. The van der Waals surface area contributed by atoms with Crippen molar-refractivity contribution < 1.29 is 9.53 Å². The number of carbonyl (C=O) groups excluding carboxylic acids is 1. The number of ether oxygens (including phenoxy) is 1. The van der Waals surface area contributed by atoms with Gasteiger partial charge in [-0.1, -0.05) is 30.0 Å². The molecule has 0 radical (unpaired) electrons. The molecule has 0 aliphatic rings. The number of rotatable bonds is 7. The zero-order valence-corrected chi connectivity index (χ0v) is 17.9. The first-order valence-electron chi connectivity index (χ1n) is 9.41. The number of aromatic nitrogens is 2. The maximum Gasteiger partial charge on any atom is 0.262 e. The Morgan fingerprint density at radius 3 is 2.69 bits per heavy atom. The van der Waals surface area contributed by atoms with Crippen molar-refractivity contribution in [3.05, 3.63) is 63.9 Å². The minimum Gasteiger partial charge on any atom is -0.383 e. The number of aryl methyl sites for hydroxylation is 2. The van der Waals surface area contributed by atoms with Crippen molar-refractivity contribution in [3.8, 4) is 0 Å². The normalized spacial score (nSPS) is 12.1. The quantitative estimate of drug-likeness (QED) is 0.471. The second-order valence-corrected chi connectivity index (χ2v) is 7.97. The van der Waals surface area contributed by atoms with Crippen LogP contribution in [0.2, 0.25) is 0 Å². The monoisotopic (exact) mass is 411 g/mol. The maximum atomic E-state index is 13.0. The minimum atomic E-state index is -0.199. The molecule has 1 amide bonds. The number of carbonyl (C=O) groups is 1. The first kappa shape index (κ1) is 21.1. The van der Waals surface area contributed by atoms with Crippen LogP contribution in [0.25, 0.3) is 10.9 Å². The maximum absolute atomic E-state index is 13.0. The van der Waals surface area contributed by atoms with Crippen molar-refractivity contribution in [1.29, 1.82) is 0 Å². The summed E-state index contributed by atoms with van der Waals surface area (Å²) in [6, 6.07) is 12.9. The second kappa shape index (κ2) is 9.24. The van der Waals surface area contributed by atoms with Gasteiger partial charge in [0.25, 0.3) is 5.56 Å². The molecule has 3 rings (SSSR count). The van der Waals surface area contributed by atoms with Crippen molar-refractivity contribution in [2.75, 3.05) is 24.8 Å². The molecule has 0 unspecified atom stereocenters. The molecule has 0 bridgehead atoms. The van der Waals surface area contributed by atoms with Crippen molar-refractivity contribution in [2.24, 2.45) is 0 Å². The number of hydrogen-bond donors (Lipinski definition) is 1. The molecular formula is C22H25N3O3S. The van der Waals surface area contributed by atoms with Crippen LogP contribution in [0.5, 0.6) is 0 Å². The largest absolute Gasteiger partial charge is 0.383 e. The van der Waals surface area contributed by atoms with Crippen LogP contribution in [0, 0.1) is 13.8 Å². The van der Waals surface area contributed by atoms with E-state index in [-0.39, 0.29) is 23.3 Å². The van der Waals surface area contributed by atoms with Crippen LogP contribution in [0.15, 0.2) is 52.4 Å². The van der Waals surface area contributed by atoms with E-state index in [4.69, 9.17) is 4.74 Å². The topological polar surface area (TPSA) is 73.2 Å². The smallest absolute Gasteiger partial charge is 0.262 e. The summed E-state index contributed by atoms with van der Waals surface area (Å²) in [6.07, 6.45) is 0. The number of benzene rings is 2. The minimum absolute atomic E-state index is 0.128. The van der Waals surface area contributed by atoms with Crippen LogP contribution in [0.1, 0.15) is 24.1 Å². The lowest BCUT2D eigenvalue weighted by Gasteiger charge is -2.18. The van der Waals surface area contributed by atoms with Gasteiger partial charge < -0.3 is 10.1 Å². The molecule has 1 heterocycles. The highest BCUT2D eigenvalue weighted by molar-refractivity contribution is 7.99. The average Bonchev–Trinajstić information content (AvgIpc) is 2.69. The second-order valence-electron chi connectivity index (χ2n) is 7.03. The standard InChI is InChI=1S/C22H25N3O3S/c1-14-9-10-17(11-15(14)2)23-20(26)13-29-22-24-19-8-6-5-7-18(19)21(27)25(22)16(3)12-28-4/h5-11,16H,12-13H2,1-4H3,(H,23,26)/t16-/m0/s1.